The van der Waals surface area contributed by atoms with Crippen LogP contribution in [0.25, 0.3) is 0 Å². The zero-order valence-electron chi connectivity index (χ0n) is 24.0. The van der Waals surface area contributed by atoms with Gasteiger partial charge in [0.25, 0.3) is 0 Å². The van der Waals surface area contributed by atoms with Crippen molar-refractivity contribution in [2.75, 3.05) is 46.4 Å². The number of alkyl halides is 3. The minimum atomic E-state index is -4.22. The normalized spacial score (nSPS) is 28.6. The van der Waals surface area contributed by atoms with E-state index in [4.69, 9.17) is 32.7 Å². The Balaban J connectivity index is 1.24. The Labute approximate surface area is 255 Å². The van der Waals surface area contributed by atoms with Crippen LogP contribution in [-0.4, -0.2) is 97.5 Å². The summed E-state index contributed by atoms with van der Waals surface area (Å²) in [5, 5.41) is 0.811. The molecule has 42 heavy (non-hydrogen) atoms. The molecule has 1 saturated carbocycles. The Kier molecular flexibility index (Phi) is 10.2. The van der Waals surface area contributed by atoms with Gasteiger partial charge in [0.15, 0.2) is 0 Å². The summed E-state index contributed by atoms with van der Waals surface area (Å²) in [5.41, 5.74) is 0.865. The molecular weight excluding hydrogens is 594 g/mol. The van der Waals surface area contributed by atoms with E-state index in [-0.39, 0.29) is 49.5 Å². The van der Waals surface area contributed by atoms with Crippen molar-refractivity contribution in [3.8, 4) is 0 Å². The van der Waals surface area contributed by atoms with Crippen LogP contribution in [0.1, 0.15) is 62.8 Å². The molecule has 7 nitrogen and oxygen atoms in total. The van der Waals surface area contributed by atoms with Crippen LogP contribution < -0.4 is 0 Å². The maximum absolute atomic E-state index is 13.8. The van der Waals surface area contributed by atoms with Crippen LogP contribution in [0.5, 0.6) is 0 Å². The minimum Gasteiger partial charge on any atom is -0.446 e. The van der Waals surface area contributed by atoms with Crippen molar-refractivity contribution in [1.82, 2.24) is 14.7 Å². The number of benzene rings is 1. The summed E-state index contributed by atoms with van der Waals surface area (Å²) >= 11 is 12.5. The van der Waals surface area contributed by atoms with Crippen molar-refractivity contribution in [3.63, 3.8) is 0 Å². The Hall–Kier alpha value is -1.75. The van der Waals surface area contributed by atoms with Gasteiger partial charge in [-0.3, -0.25) is 4.79 Å². The van der Waals surface area contributed by atoms with Crippen LogP contribution in [-0.2, 0) is 14.3 Å². The van der Waals surface area contributed by atoms with E-state index < -0.39 is 24.3 Å². The minimum absolute atomic E-state index is 0.0455. The van der Waals surface area contributed by atoms with Gasteiger partial charge in [0.05, 0.1) is 22.0 Å². The molecule has 4 aliphatic rings. The number of likely N-dealkylation sites (N-methyl/N-ethyl adjacent to an activating group) is 1. The zero-order valence-corrected chi connectivity index (χ0v) is 25.5. The first kappa shape index (κ1) is 31.7. The zero-order chi connectivity index (χ0) is 30.0. The van der Waals surface area contributed by atoms with E-state index in [1.165, 1.54) is 4.90 Å². The molecule has 2 unspecified atom stereocenters. The first-order valence-electron chi connectivity index (χ1n) is 15.1. The summed E-state index contributed by atoms with van der Waals surface area (Å²) in [6, 6.07) is 5.49. The molecule has 1 aromatic carbocycles. The second-order valence-electron chi connectivity index (χ2n) is 12.3. The molecule has 1 aliphatic carbocycles. The Morgan fingerprint density at radius 1 is 0.952 bits per heavy atom. The van der Waals surface area contributed by atoms with E-state index in [9.17, 15) is 22.8 Å². The van der Waals surface area contributed by atoms with Crippen LogP contribution in [0.4, 0.5) is 18.0 Å². The molecule has 0 aromatic heterocycles. The van der Waals surface area contributed by atoms with Gasteiger partial charge in [-0.05, 0) is 82.2 Å². The summed E-state index contributed by atoms with van der Waals surface area (Å²) in [6.07, 6.45) is -1.42. The molecule has 2 atom stereocenters. The third-order valence-corrected chi connectivity index (χ3v) is 10.5. The van der Waals surface area contributed by atoms with Crippen molar-refractivity contribution in [2.24, 2.45) is 11.8 Å². The van der Waals surface area contributed by atoms with E-state index in [1.807, 2.05) is 11.0 Å². The van der Waals surface area contributed by atoms with E-state index in [0.29, 0.717) is 29.2 Å². The molecular formula is C30H40Cl2F3N3O4. The molecule has 3 heterocycles. The number of amides is 2. The quantitative estimate of drug-likeness (QED) is 0.377. The van der Waals surface area contributed by atoms with E-state index in [2.05, 4.69) is 4.90 Å². The largest absolute Gasteiger partial charge is 0.446 e. The first-order chi connectivity index (χ1) is 20.0. The van der Waals surface area contributed by atoms with Crippen molar-refractivity contribution < 1.29 is 32.2 Å². The lowest BCUT2D eigenvalue weighted by Gasteiger charge is -2.39. The molecule has 5 rings (SSSR count). The highest BCUT2D eigenvalue weighted by molar-refractivity contribution is 6.42. The lowest BCUT2D eigenvalue weighted by Crippen LogP contribution is -2.47. The highest BCUT2D eigenvalue weighted by Crippen LogP contribution is 2.39. The standard InChI is InChI=1S/C30H40Cl2F3N3O4/c1-36(29(40)42-23-5-3-21(4-6-23)30(33,34)35)27-18-38(17-24(27)20-2-7-25(31)26(32)16-20)28(39)19-8-12-37(13-9-19)22-10-14-41-15-11-22/h2,7,16,19,21-24,27H,3-6,8-15,17-18H2,1H3. The van der Waals surface area contributed by atoms with Crippen LogP contribution in [0, 0.1) is 11.8 Å². The van der Waals surface area contributed by atoms with E-state index >= 15 is 0 Å². The molecule has 0 radical (unpaired) electrons. The predicted molar refractivity (Wildman–Crippen MR) is 154 cm³/mol. The Bertz CT molecular complexity index is 1100. The van der Waals surface area contributed by atoms with Crippen molar-refractivity contribution in [2.45, 2.75) is 81.6 Å². The van der Waals surface area contributed by atoms with Crippen molar-refractivity contribution in [1.29, 1.82) is 0 Å². The Morgan fingerprint density at radius 2 is 1.62 bits per heavy atom. The first-order valence-corrected chi connectivity index (χ1v) is 15.8. The van der Waals surface area contributed by atoms with Crippen molar-refractivity contribution in [3.05, 3.63) is 33.8 Å². The second-order valence-corrected chi connectivity index (χ2v) is 13.1. The average molecular weight is 635 g/mol. The van der Waals surface area contributed by atoms with Gasteiger partial charge in [0.2, 0.25) is 5.91 Å². The third-order valence-electron chi connectivity index (χ3n) is 9.75. The summed E-state index contributed by atoms with van der Waals surface area (Å²) in [5.74, 6) is -1.54. The van der Waals surface area contributed by atoms with Crippen LogP contribution in [0.15, 0.2) is 18.2 Å². The number of rotatable bonds is 5. The molecule has 12 heteroatoms. The number of hydrogen-bond acceptors (Lipinski definition) is 5. The highest BCUT2D eigenvalue weighted by Gasteiger charge is 2.45. The SMILES string of the molecule is CN(C(=O)OC1CCC(C(F)(F)F)CC1)C1CN(C(=O)C2CCN(C3CCOCC3)CC2)CC1c1ccc(Cl)c(Cl)c1. The maximum Gasteiger partial charge on any atom is 0.410 e. The summed E-state index contributed by atoms with van der Waals surface area (Å²) in [6.45, 7) is 4.13. The number of carbonyl (C=O) groups excluding carboxylic acids is 2. The average Bonchev–Trinajstić information content (AvgIpc) is 3.43. The molecule has 3 saturated heterocycles. The van der Waals surface area contributed by atoms with Gasteiger partial charge in [-0.25, -0.2) is 4.79 Å². The third kappa shape index (κ3) is 7.30. The van der Waals surface area contributed by atoms with Gasteiger partial charge in [-0.1, -0.05) is 29.3 Å². The summed E-state index contributed by atoms with van der Waals surface area (Å²) < 4.78 is 50.5. The fourth-order valence-corrected chi connectivity index (χ4v) is 7.43. The molecule has 2 amide bonds. The Morgan fingerprint density at radius 3 is 2.24 bits per heavy atom. The molecule has 3 aliphatic heterocycles. The fourth-order valence-electron chi connectivity index (χ4n) is 7.12. The monoisotopic (exact) mass is 633 g/mol. The van der Waals surface area contributed by atoms with Gasteiger partial charge in [0, 0.05) is 51.2 Å². The van der Waals surface area contributed by atoms with Crippen LogP contribution in [0.2, 0.25) is 10.0 Å². The number of halogens is 5. The van der Waals surface area contributed by atoms with Gasteiger partial charge in [-0.2, -0.15) is 13.2 Å². The molecule has 0 N–H and O–H groups in total. The molecule has 1 aromatic rings. The van der Waals surface area contributed by atoms with Gasteiger partial charge in [-0.15, -0.1) is 0 Å². The molecule has 234 valence electrons. The number of ether oxygens (including phenoxy) is 2. The lowest BCUT2D eigenvalue weighted by molar-refractivity contribution is -0.186. The summed E-state index contributed by atoms with van der Waals surface area (Å²) in [7, 11) is 1.64. The number of piperidine rings is 1. The number of carbonyl (C=O) groups is 2. The molecule has 0 spiro atoms. The summed E-state index contributed by atoms with van der Waals surface area (Å²) in [4.78, 5) is 32.9. The van der Waals surface area contributed by atoms with Gasteiger partial charge in [0.1, 0.15) is 6.10 Å². The van der Waals surface area contributed by atoms with Crippen LogP contribution >= 0.6 is 23.2 Å². The molecule has 4 fully saturated rings. The number of nitrogens with zero attached hydrogens (tertiary/aromatic N) is 3. The van der Waals surface area contributed by atoms with Crippen LogP contribution in [0.3, 0.4) is 0 Å². The topological polar surface area (TPSA) is 62.3 Å². The maximum atomic E-state index is 13.8. The second kappa shape index (κ2) is 13.5. The number of hydrogen-bond donors (Lipinski definition) is 0. The van der Waals surface area contributed by atoms with Crippen molar-refractivity contribution >= 4 is 35.2 Å². The van der Waals surface area contributed by atoms with Gasteiger partial charge < -0.3 is 24.2 Å². The lowest BCUT2D eigenvalue weighted by atomic mass is 9.87. The van der Waals surface area contributed by atoms with Gasteiger partial charge >= 0.3 is 12.3 Å². The highest BCUT2D eigenvalue weighted by atomic mass is 35.5. The molecule has 0 bridgehead atoms. The van der Waals surface area contributed by atoms with E-state index in [1.54, 1.807) is 19.2 Å². The smallest absolute Gasteiger partial charge is 0.410 e. The number of likely N-dealkylation sites (tertiary alicyclic amines) is 2. The predicted octanol–water partition coefficient (Wildman–Crippen LogP) is 6.37. The fraction of sp³-hybridized carbons (Fsp3) is 0.733. The van der Waals surface area contributed by atoms with E-state index in [0.717, 1.165) is 57.6 Å².